The molecule has 5 nitrogen and oxygen atoms in total. The standard InChI is InChI=1S/C16H15Cl2NO4/c1-7-10(6-12(20)21)14(13(16(22)23)8(2)19-7)9-4-3-5-11(17)15(9)18/h3-5,10,14H,6H2,1-2H3,(H,20,21)(H,22,23). The van der Waals surface area contributed by atoms with Crippen molar-refractivity contribution in [3.63, 3.8) is 0 Å². The third-order valence-corrected chi connectivity index (χ3v) is 4.76. The SMILES string of the molecule is CC1=NC(C)=C(C(=O)O)C(c2cccc(Cl)c2Cl)C1CC(=O)O. The van der Waals surface area contributed by atoms with Gasteiger partial charge in [0.15, 0.2) is 0 Å². The van der Waals surface area contributed by atoms with E-state index in [1.54, 1.807) is 32.0 Å². The van der Waals surface area contributed by atoms with Gasteiger partial charge in [-0.3, -0.25) is 9.79 Å². The van der Waals surface area contributed by atoms with Crippen LogP contribution in [0.5, 0.6) is 0 Å². The third kappa shape index (κ3) is 3.41. The van der Waals surface area contributed by atoms with E-state index in [1.807, 2.05) is 0 Å². The van der Waals surface area contributed by atoms with Crippen LogP contribution in [0, 0.1) is 5.92 Å². The van der Waals surface area contributed by atoms with Crippen LogP contribution in [0.3, 0.4) is 0 Å². The van der Waals surface area contributed by atoms with E-state index in [4.69, 9.17) is 23.2 Å². The maximum Gasteiger partial charge on any atom is 0.334 e. The summed E-state index contributed by atoms with van der Waals surface area (Å²) in [6.07, 6.45) is -0.243. The van der Waals surface area contributed by atoms with Crippen molar-refractivity contribution >= 4 is 40.9 Å². The Morgan fingerprint density at radius 2 is 1.87 bits per heavy atom. The number of carboxylic acids is 2. The van der Waals surface area contributed by atoms with Crippen molar-refractivity contribution in [1.29, 1.82) is 0 Å². The zero-order chi connectivity index (χ0) is 17.3. The fourth-order valence-electron chi connectivity index (χ4n) is 2.95. The first-order valence-corrected chi connectivity index (χ1v) is 7.64. The molecule has 2 rings (SSSR count). The van der Waals surface area contributed by atoms with Crippen molar-refractivity contribution in [2.45, 2.75) is 26.2 Å². The highest BCUT2D eigenvalue weighted by Gasteiger charge is 2.39. The van der Waals surface area contributed by atoms with E-state index in [0.717, 1.165) is 0 Å². The van der Waals surface area contributed by atoms with E-state index in [2.05, 4.69) is 4.99 Å². The van der Waals surface area contributed by atoms with E-state index in [1.165, 1.54) is 0 Å². The molecule has 0 saturated carbocycles. The zero-order valence-electron chi connectivity index (χ0n) is 12.5. The summed E-state index contributed by atoms with van der Waals surface area (Å²) in [4.78, 5) is 27.2. The Kier molecular flexibility index (Phi) is 5.12. The maximum atomic E-state index is 11.7. The predicted molar refractivity (Wildman–Crippen MR) is 88.4 cm³/mol. The second kappa shape index (κ2) is 6.72. The summed E-state index contributed by atoms with van der Waals surface area (Å²) < 4.78 is 0. The van der Waals surface area contributed by atoms with Crippen molar-refractivity contribution in [2.24, 2.45) is 10.9 Å². The van der Waals surface area contributed by atoms with E-state index in [9.17, 15) is 19.8 Å². The lowest BCUT2D eigenvalue weighted by molar-refractivity contribution is -0.138. The van der Waals surface area contributed by atoms with Gasteiger partial charge in [-0.25, -0.2) is 4.79 Å². The van der Waals surface area contributed by atoms with Gasteiger partial charge in [0.1, 0.15) is 0 Å². The van der Waals surface area contributed by atoms with Crippen LogP contribution in [0.2, 0.25) is 10.0 Å². The number of aliphatic carboxylic acids is 2. The number of allylic oxidation sites excluding steroid dienone is 1. The largest absolute Gasteiger partial charge is 0.481 e. The number of rotatable bonds is 4. The number of halogens is 2. The smallest absolute Gasteiger partial charge is 0.334 e. The van der Waals surface area contributed by atoms with Gasteiger partial charge in [-0.1, -0.05) is 35.3 Å². The lowest BCUT2D eigenvalue weighted by Crippen LogP contribution is -2.31. The van der Waals surface area contributed by atoms with Crippen molar-refractivity contribution in [3.8, 4) is 0 Å². The summed E-state index contributed by atoms with van der Waals surface area (Å²) in [5, 5.41) is 19.3. The third-order valence-electron chi connectivity index (χ3n) is 3.93. The molecule has 0 bridgehead atoms. The monoisotopic (exact) mass is 355 g/mol. The Balaban J connectivity index is 2.69. The number of hydrogen-bond donors (Lipinski definition) is 2. The van der Waals surface area contributed by atoms with Gasteiger partial charge in [0.2, 0.25) is 0 Å². The average molecular weight is 356 g/mol. The molecule has 7 heteroatoms. The van der Waals surface area contributed by atoms with Crippen LogP contribution in [0.25, 0.3) is 0 Å². The molecule has 1 heterocycles. The quantitative estimate of drug-likeness (QED) is 0.854. The fraction of sp³-hybridized carbons (Fsp3) is 0.312. The molecule has 0 amide bonds. The van der Waals surface area contributed by atoms with Crippen LogP contribution < -0.4 is 0 Å². The van der Waals surface area contributed by atoms with Gasteiger partial charge in [-0.2, -0.15) is 0 Å². The molecule has 0 aromatic heterocycles. The zero-order valence-corrected chi connectivity index (χ0v) is 14.0. The lowest BCUT2D eigenvalue weighted by atomic mass is 9.74. The van der Waals surface area contributed by atoms with Gasteiger partial charge in [-0.15, -0.1) is 0 Å². The average Bonchev–Trinajstić information content (AvgIpc) is 2.44. The van der Waals surface area contributed by atoms with Crippen molar-refractivity contribution in [1.82, 2.24) is 0 Å². The molecule has 2 N–H and O–H groups in total. The molecule has 0 radical (unpaired) electrons. The Bertz CT molecular complexity index is 740. The number of benzene rings is 1. The van der Waals surface area contributed by atoms with Gasteiger partial charge in [0.25, 0.3) is 0 Å². The first-order chi connectivity index (χ1) is 10.7. The fourth-order valence-corrected chi connectivity index (χ4v) is 3.37. The van der Waals surface area contributed by atoms with Gasteiger partial charge < -0.3 is 10.2 Å². The van der Waals surface area contributed by atoms with Crippen LogP contribution in [-0.2, 0) is 9.59 Å². The summed E-state index contributed by atoms with van der Waals surface area (Å²) in [7, 11) is 0. The van der Waals surface area contributed by atoms with Crippen molar-refractivity contribution in [2.75, 3.05) is 0 Å². The van der Waals surface area contributed by atoms with Gasteiger partial charge in [-0.05, 0) is 25.5 Å². The first kappa shape index (κ1) is 17.5. The summed E-state index contributed by atoms with van der Waals surface area (Å²) in [5.41, 5.74) is 1.45. The molecule has 0 fully saturated rings. The van der Waals surface area contributed by atoms with Crippen molar-refractivity contribution in [3.05, 3.63) is 45.1 Å². The summed E-state index contributed by atoms with van der Waals surface area (Å²) >= 11 is 12.3. The van der Waals surface area contributed by atoms with Crippen molar-refractivity contribution < 1.29 is 19.8 Å². The number of hydrogen-bond acceptors (Lipinski definition) is 3. The Morgan fingerprint density at radius 1 is 1.22 bits per heavy atom. The molecule has 122 valence electrons. The summed E-state index contributed by atoms with van der Waals surface area (Å²) in [5.74, 6) is -3.49. The van der Waals surface area contributed by atoms with E-state index in [0.29, 0.717) is 22.0 Å². The minimum atomic E-state index is -1.14. The Labute approximate surface area is 143 Å². The predicted octanol–water partition coefficient (Wildman–Crippen LogP) is 4.00. The van der Waals surface area contributed by atoms with E-state index < -0.39 is 23.8 Å². The molecular weight excluding hydrogens is 341 g/mol. The first-order valence-electron chi connectivity index (χ1n) is 6.89. The topological polar surface area (TPSA) is 87.0 Å². The van der Waals surface area contributed by atoms with Crippen LogP contribution >= 0.6 is 23.2 Å². The van der Waals surface area contributed by atoms with E-state index in [-0.39, 0.29) is 17.0 Å². The molecule has 1 aromatic rings. The van der Waals surface area contributed by atoms with E-state index >= 15 is 0 Å². The number of carbonyl (C=O) groups is 2. The van der Waals surface area contributed by atoms with Gasteiger partial charge in [0.05, 0.1) is 22.0 Å². The van der Waals surface area contributed by atoms with Crippen LogP contribution in [0.4, 0.5) is 0 Å². The highest BCUT2D eigenvalue weighted by molar-refractivity contribution is 6.42. The number of carboxylic acid groups (broad SMARTS) is 2. The molecule has 23 heavy (non-hydrogen) atoms. The molecule has 2 unspecified atom stereocenters. The molecule has 0 spiro atoms. The number of aliphatic imine (C=N–C) groups is 1. The van der Waals surface area contributed by atoms with Gasteiger partial charge >= 0.3 is 11.9 Å². The molecule has 0 saturated heterocycles. The maximum absolute atomic E-state index is 11.7. The Morgan fingerprint density at radius 3 is 2.43 bits per heavy atom. The molecule has 1 aliphatic rings. The van der Waals surface area contributed by atoms with Crippen LogP contribution in [-0.4, -0.2) is 27.9 Å². The molecule has 1 aliphatic heterocycles. The normalized spacial score (nSPS) is 21.1. The second-order valence-electron chi connectivity index (χ2n) is 5.38. The molecule has 1 aromatic carbocycles. The molecular formula is C16H15Cl2NO4. The highest BCUT2D eigenvalue weighted by Crippen LogP contribution is 2.44. The molecule has 2 atom stereocenters. The lowest BCUT2D eigenvalue weighted by Gasteiger charge is -2.32. The van der Waals surface area contributed by atoms with Gasteiger partial charge in [0, 0.05) is 23.2 Å². The molecule has 0 aliphatic carbocycles. The Hall–Kier alpha value is -1.85. The number of nitrogens with zero attached hydrogens (tertiary/aromatic N) is 1. The second-order valence-corrected chi connectivity index (χ2v) is 6.17. The summed E-state index contributed by atoms with van der Waals surface area (Å²) in [6.45, 7) is 3.29. The highest BCUT2D eigenvalue weighted by atomic mass is 35.5. The minimum absolute atomic E-state index is 0.0472. The minimum Gasteiger partial charge on any atom is -0.481 e. The summed E-state index contributed by atoms with van der Waals surface area (Å²) in [6, 6.07) is 4.93. The van der Waals surface area contributed by atoms with Crippen LogP contribution in [0.1, 0.15) is 31.7 Å². The van der Waals surface area contributed by atoms with Crippen LogP contribution in [0.15, 0.2) is 34.5 Å².